The summed E-state index contributed by atoms with van der Waals surface area (Å²) >= 11 is 0. The van der Waals surface area contributed by atoms with Crippen molar-refractivity contribution in [3.8, 4) is 0 Å². The van der Waals surface area contributed by atoms with Crippen LogP contribution in [-0.4, -0.2) is 47.9 Å². The van der Waals surface area contributed by atoms with Gasteiger partial charge >= 0.3 is 0 Å². The van der Waals surface area contributed by atoms with Gasteiger partial charge in [-0.05, 0) is 46.6 Å². The molecule has 5 heteroatoms. The first-order valence-corrected chi connectivity index (χ1v) is 9.97. The monoisotopic (exact) mass is 382 g/mol. The van der Waals surface area contributed by atoms with Crippen LogP contribution in [0.25, 0.3) is 0 Å². The third-order valence-electron chi connectivity index (χ3n) is 5.24. The molecule has 0 aromatic carbocycles. The van der Waals surface area contributed by atoms with Gasteiger partial charge in [0, 0.05) is 20.4 Å². The van der Waals surface area contributed by atoms with E-state index in [-0.39, 0.29) is 17.3 Å². The highest BCUT2D eigenvalue weighted by atomic mass is 16.5. The second-order valence-electron chi connectivity index (χ2n) is 7.85. The topological polar surface area (TPSA) is 45.5 Å². The fourth-order valence-electron chi connectivity index (χ4n) is 2.24. The van der Waals surface area contributed by atoms with E-state index in [0.717, 1.165) is 13.0 Å². The number of hydrogen-bond acceptors (Lipinski definition) is 4. The van der Waals surface area contributed by atoms with E-state index < -0.39 is 0 Å². The Labute approximate surface area is 167 Å². The Morgan fingerprint density at radius 3 is 2.15 bits per heavy atom. The molecule has 1 unspecified atom stereocenters. The number of hydrogen-bond donors (Lipinski definition) is 0. The predicted octanol–water partition coefficient (Wildman–Crippen LogP) is 5.18. The highest BCUT2D eigenvalue weighted by molar-refractivity contribution is 4.99. The van der Waals surface area contributed by atoms with E-state index in [2.05, 4.69) is 18.6 Å². The molecule has 0 aliphatic rings. The number of aromatic nitrogens is 2. The van der Waals surface area contributed by atoms with Crippen molar-refractivity contribution in [1.82, 2.24) is 9.78 Å². The standard InChI is InChI=1S/C14H24N2O.C8H18O2/c1-4-6-7-8-14(5-2)17-10-9-16-12-13(3)11-15-16;1-7(2,9-5)8(3,4)10-6/h5,11-12,14H,2,4,6-10H2,1,3H3;1-6H3. The molecule has 5 nitrogen and oxygen atoms in total. The number of rotatable bonds is 12. The van der Waals surface area contributed by atoms with Gasteiger partial charge in [0.25, 0.3) is 0 Å². The van der Waals surface area contributed by atoms with Crippen molar-refractivity contribution in [3.05, 3.63) is 30.6 Å². The molecule has 0 bridgehead atoms. The highest BCUT2D eigenvalue weighted by Crippen LogP contribution is 2.27. The molecule has 1 atom stereocenters. The van der Waals surface area contributed by atoms with Crippen LogP contribution in [0.15, 0.2) is 25.0 Å². The summed E-state index contributed by atoms with van der Waals surface area (Å²) in [6, 6.07) is 0. The maximum Gasteiger partial charge on any atom is 0.0905 e. The minimum absolute atomic E-state index is 0.193. The lowest BCUT2D eigenvalue weighted by atomic mass is 9.89. The maximum absolute atomic E-state index is 5.77. The van der Waals surface area contributed by atoms with Gasteiger partial charge < -0.3 is 14.2 Å². The van der Waals surface area contributed by atoms with Crippen molar-refractivity contribution in [2.75, 3.05) is 20.8 Å². The number of aryl methyl sites for hydroxylation is 1. The molecule has 158 valence electrons. The van der Waals surface area contributed by atoms with Gasteiger partial charge in [0.2, 0.25) is 0 Å². The molecule has 1 aromatic rings. The molecule has 0 N–H and O–H groups in total. The average molecular weight is 383 g/mol. The Morgan fingerprint density at radius 1 is 1.15 bits per heavy atom. The molecule has 1 heterocycles. The summed E-state index contributed by atoms with van der Waals surface area (Å²) in [5, 5.41) is 4.22. The van der Waals surface area contributed by atoms with Gasteiger partial charge in [0.15, 0.2) is 0 Å². The Kier molecular flexibility index (Phi) is 12.5. The SMILES string of the molecule is C=CC(CCCCC)OCCn1cc(C)cn1.COC(C)(C)C(C)(C)OC. The lowest BCUT2D eigenvalue weighted by Crippen LogP contribution is -2.48. The van der Waals surface area contributed by atoms with Gasteiger partial charge in [-0.2, -0.15) is 5.10 Å². The van der Waals surface area contributed by atoms with Crippen molar-refractivity contribution < 1.29 is 14.2 Å². The van der Waals surface area contributed by atoms with E-state index in [4.69, 9.17) is 14.2 Å². The Bertz CT molecular complexity index is 495. The summed E-state index contributed by atoms with van der Waals surface area (Å²) in [6.07, 6.45) is 10.8. The van der Waals surface area contributed by atoms with Crippen LogP contribution in [0.2, 0.25) is 0 Å². The summed E-state index contributed by atoms with van der Waals surface area (Å²) < 4.78 is 18.2. The third-order valence-corrected chi connectivity index (χ3v) is 5.24. The van der Waals surface area contributed by atoms with E-state index in [1.165, 1.54) is 24.8 Å². The second-order valence-corrected chi connectivity index (χ2v) is 7.85. The van der Waals surface area contributed by atoms with Crippen LogP contribution in [0.4, 0.5) is 0 Å². The molecule has 0 aliphatic heterocycles. The minimum atomic E-state index is -0.234. The molecular weight excluding hydrogens is 340 g/mol. The van der Waals surface area contributed by atoms with Crippen molar-refractivity contribution in [2.45, 2.75) is 91.1 Å². The molecule has 0 aliphatic carbocycles. The summed E-state index contributed by atoms with van der Waals surface area (Å²) in [5.41, 5.74) is 0.719. The molecule has 1 rings (SSSR count). The molecular formula is C22H42N2O3. The summed E-state index contributed by atoms with van der Waals surface area (Å²) in [6.45, 7) is 17.6. The van der Waals surface area contributed by atoms with Gasteiger partial charge in [-0.1, -0.05) is 32.3 Å². The van der Waals surface area contributed by atoms with Gasteiger partial charge in [0.05, 0.1) is 36.7 Å². The van der Waals surface area contributed by atoms with E-state index >= 15 is 0 Å². The van der Waals surface area contributed by atoms with Crippen LogP contribution in [0.3, 0.4) is 0 Å². The number of methoxy groups -OCH3 is 2. The normalized spacial score (nSPS) is 13.0. The first-order chi connectivity index (χ1) is 12.6. The van der Waals surface area contributed by atoms with E-state index in [0.29, 0.717) is 6.61 Å². The molecule has 1 aromatic heterocycles. The Morgan fingerprint density at radius 2 is 1.74 bits per heavy atom. The second kappa shape index (κ2) is 13.1. The van der Waals surface area contributed by atoms with E-state index in [1.54, 1.807) is 14.2 Å². The molecule has 0 radical (unpaired) electrons. The van der Waals surface area contributed by atoms with Gasteiger partial charge in [-0.3, -0.25) is 4.68 Å². The lowest BCUT2D eigenvalue weighted by Gasteiger charge is -2.38. The molecule has 0 saturated carbocycles. The quantitative estimate of drug-likeness (QED) is 0.369. The van der Waals surface area contributed by atoms with Crippen LogP contribution in [-0.2, 0) is 20.8 Å². The Hall–Kier alpha value is -1.17. The number of ether oxygens (including phenoxy) is 3. The molecule has 0 saturated heterocycles. The maximum atomic E-state index is 5.77. The zero-order valence-corrected chi connectivity index (χ0v) is 18.9. The lowest BCUT2D eigenvalue weighted by molar-refractivity contribution is -0.147. The van der Waals surface area contributed by atoms with E-state index in [9.17, 15) is 0 Å². The van der Waals surface area contributed by atoms with Crippen LogP contribution >= 0.6 is 0 Å². The number of nitrogens with zero attached hydrogens (tertiary/aromatic N) is 2. The van der Waals surface area contributed by atoms with Gasteiger partial charge in [-0.25, -0.2) is 0 Å². The third kappa shape index (κ3) is 10.1. The summed E-state index contributed by atoms with van der Waals surface area (Å²) in [4.78, 5) is 0. The number of unbranched alkanes of at least 4 members (excludes halogenated alkanes) is 2. The largest absolute Gasteiger partial charge is 0.376 e. The van der Waals surface area contributed by atoms with Crippen molar-refractivity contribution in [1.29, 1.82) is 0 Å². The zero-order valence-electron chi connectivity index (χ0n) is 18.9. The fraction of sp³-hybridized carbons (Fsp3) is 0.773. The van der Waals surface area contributed by atoms with Crippen LogP contribution in [0, 0.1) is 6.92 Å². The van der Waals surface area contributed by atoms with Crippen molar-refractivity contribution in [3.63, 3.8) is 0 Å². The van der Waals surface area contributed by atoms with E-state index in [1.807, 2.05) is 57.8 Å². The molecule has 0 fully saturated rings. The van der Waals surface area contributed by atoms with Crippen LogP contribution in [0.5, 0.6) is 0 Å². The average Bonchev–Trinajstić information content (AvgIpc) is 3.06. The van der Waals surface area contributed by atoms with Crippen molar-refractivity contribution >= 4 is 0 Å². The van der Waals surface area contributed by atoms with Crippen LogP contribution in [0.1, 0.15) is 65.9 Å². The smallest absolute Gasteiger partial charge is 0.0905 e. The van der Waals surface area contributed by atoms with Crippen LogP contribution < -0.4 is 0 Å². The molecule has 27 heavy (non-hydrogen) atoms. The minimum Gasteiger partial charge on any atom is -0.376 e. The Balaban J connectivity index is 0.000000580. The summed E-state index contributed by atoms with van der Waals surface area (Å²) in [7, 11) is 3.39. The highest BCUT2D eigenvalue weighted by Gasteiger charge is 2.36. The van der Waals surface area contributed by atoms with Gasteiger partial charge in [0.1, 0.15) is 0 Å². The first kappa shape index (κ1) is 25.8. The zero-order chi connectivity index (χ0) is 20.9. The predicted molar refractivity (Wildman–Crippen MR) is 113 cm³/mol. The summed E-state index contributed by atoms with van der Waals surface area (Å²) in [5.74, 6) is 0. The molecule has 0 amide bonds. The fourth-order valence-corrected chi connectivity index (χ4v) is 2.24. The molecule has 0 spiro atoms. The van der Waals surface area contributed by atoms with Gasteiger partial charge in [-0.15, -0.1) is 6.58 Å². The van der Waals surface area contributed by atoms with Crippen molar-refractivity contribution in [2.24, 2.45) is 0 Å². The first-order valence-electron chi connectivity index (χ1n) is 9.97.